The second-order valence-electron chi connectivity index (χ2n) is 8.92. The Morgan fingerprint density at radius 2 is 1.97 bits per heavy atom. The number of benzene rings is 2. The number of nitrogens with zero attached hydrogens (tertiary/aromatic N) is 4. The minimum Gasteiger partial charge on any atom is -0.496 e. The summed E-state index contributed by atoms with van der Waals surface area (Å²) in [7, 11) is 1.37. The molecule has 3 N–H and O–H groups in total. The van der Waals surface area contributed by atoms with E-state index in [4.69, 9.17) is 4.74 Å². The highest BCUT2D eigenvalue weighted by Crippen LogP contribution is 2.34. The minimum atomic E-state index is -1.16. The van der Waals surface area contributed by atoms with Gasteiger partial charge >= 0.3 is 6.09 Å². The first-order valence-corrected chi connectivity index (χ1v) is 12.0. The Morgan fingerprint density at radius 3 is 2.64 bits per heavy atom. The topological polar surface area (TPSA) is 128 Å². The van der Waals surface area contributed by atoms with Crippen molar-refractivity contribution >= 4 is 28.9 Å². The van der Waals surface area contributed by atoms with Gasteiger partial charge in [-0.3, -0.25) is 9.69 Å². The number of aromatic nitrogens is 2. The molecule has 0 aliphatic carbocycles. The molecule has 1 atom stereocenters. The molecular weight excluding hydrogens is 512 g/mol. The lowest BCUT2D eigenvalue weighted by atomic mass is 10.0. The molecule has 1 unspecified atom stereocenters. The molecular formula is C27H27F2N5O5. The molecule has 0 radical (unpaired) electrons. The molecule has 10 nitrogen and oxygen atoms in total. The maximum Gasteiger partial charge on any atom is 0.407 e. The largest absolute Gasteiger partial charge is 0.496 e. The number of rotatable bonds is 7. The van der Waals surface area contributed by atoms with Crippen molar-refractivity contribution in [1.82, 2.24) is 14.9 Å². The number of hydrogen-bond donors (Lipinski definition) is 3. The Bertz CT molecular complexity index is 1430. The van der Waals surface area contributed by atoms with Gasteiger partial charge in [0.15, 0.2) is 5.82 Å². The maximum absolute atomic E-state index is 15.0. The monoisotopic (exact) mass is 539 g/mol. The van der Waals surface area contributed by atoms with Crippen LogP contribution in [0.25, 0.3) is 17.0 Å². The third-order valence-corrected chi connectivity index (χ3v) is 6.38. The molecule has 204 valence electrons. The van der Waals surface area contributed by atoms with Crippen molar-refractivity contribution in [3.8, 4) is 17.1 Å². The summed E-state index contributed by atoms with van der Waals surface area (Å²) in [6.07, 6.45) is 0.140. The fourth-order valence-corrected chi connectivity index (χ4v) is 4.42. The molecule has 2 amide bonds. The lowest BCUT2D eigenvalue weighted by Crippen LogP contribution is -2.56. The van der Waals surface area contributed by atoms with E-state index in [0.717, 1.165) is 11.0 Å². The Morgan fingerprint density at radius 1 is 1.21 bits per heavy atom. The number of hydrogen-bond acceptors (Lipinski definition) is 7. The Labute approximate surface area is 223 Å². The number of nitrogens with one attached hydrogen (secondary N) is 1. The summed E-state index contributed by atoms with van der Waals surface area (Å²) in [6, 6.07) is 7.50. The van der Waals surface area contributed by atoms with Crippen LogP contribution in [-0.2, 0) is 0 Å². The van der Waals surface area contributed by atoms with Crippen LogP contribution >= 0.6 is 0 Å². The van der Waals surface area contributed by atoms with Gasteiger partial charge in [0.2, 0.25) is 0 Å². The molecule has 1 saturated heterocycles. The molecule has 0 saturated carbocycles. The number of methoxy groups -OCH3 is 1. The normalized spacial score (nSPS) is 15.2. The average molecular weight is 540 g/mol. The lowest BCUT2D eigenvalue weighted by Gasteiger charge is -2.41. The van der Waals surface area contributed by atoms with Crippen LogP contribution in [0.2, 0.25) is 0 Å². The van der Waals surface area contributed by atoms with Crippen molar-refractivity contribution in [3.63, 3.8) is 0 Å². The predicted octanol–water partition coefficient (Wildman–Crippen LogP) is 3.88. The number of carboxylic acid groups (broad SMARTS) is 1. The van der Waals surface area contributed by atoms with Crippen molar-refractivity contribution < 1.29 is 33.3 Å². The molecule has 1 aliphatic rings. The zero-order valence-corrected chi connectivity index (χ0v) is 21.3. The molecule has 39 heavy (non-hydrogen) atoms. The first kappa shape index (κ1) is 27.5. The molecule has 1 fully saturated rings. The number of piperazine rings is 1. The minimum absolute atomic E-state index is 0.0152. The van der Waals surface area contributed by atoms with Crippen LogP contribution < -0.4 is 15.0 Å². The SMILES string of the molecule is C=C(C)c1cc(N2CCN(C(=O)O)C(CO)C2)c(NC(=O)c2ccnc(-c3c(F)cccc3OC)n2)cc1F. The lowest BCUT2D eigenvalue weighted by molar-refractivity contribution is 0.0911. The quantitative estimate of drug-likeness (QED) is 0.413. The summed E-state index contributed by atoms with van der Waals surface area (Å²) in [6.45, 7) is 5.46. The van der Waals surface area contributed by atoms with Gasteiger partial charge in [-0.2, -0.15) is 0 Å². The zero-order valence-electron chi connectivity index (χ0n) is 21.3. The summed E-state index contributed by atoms with van der Waals surface area (Å²) in [4.78, 5) is 36.0. The molecule has 1 aliphatic heterocycles. The summed E-state index contributed by atoms with van der Waals surface area (Å²) >= 11 is 0. The van der Waals surface area contributed by atoms with E-state index < -0.39 is 36.3 Å². The molecule has 1 aromatic heterocycles. The predicted molar refractivity (Wildman–Crippen MR) is 141 cm³/mol. The van der Waals surface area contributed by atoms with Crippen LogP contribution in [-0.4, -0.2) is 76.5 Å². The Kier molecular flexibility index (Phi) is 8.05. The molecule has 0 bridgehead atoms. The number of aliphatic hydroxyl groups excluding tert-OH is 1. The van der Waals surface area contributed by atoms with Crippen molar-refractivity contribution in [3.05, 3.63) is 72.1 Å². The van der Waals surface area contributed by atoms with Gasteiger partial charge in [-0.25, -0.2) is 23.5 Å². The molecule has 12 heteroatoms. The number of amides is 2. The van der Waals surface area contributed by atoms with Gasteiger partial charge in [0, 0.05) is 37.5 Å². The standard InChI is InChI=1S/C27H27F2N5O5/c1-15(2)17-11-22(33-9-10-34(27(37)38)16(13-33)14-35)21(12-19(17)29)32-26(36)20-7-8-30-25(31-20)24-18(28)5-4-6-23(24)39-3/h4-8,11-12,16,35H,1,9-10,13-14H2,2-3H3,(H,32,36)(H,37,38). The summed E-state index contributed by atoms with van der Waals surface area (Å²) in [5, 5.41) is 21.9. The second kappa shape index (κ2) is 11.4. The number of anilines is 2. The van der Waals surface area contributed by atoms with Crippen molar-refractivity contribution in [2.45, 2.75) is 13.0 Å². The van der Waals surface area contributed by atoms with E-state index in [1.54, 1.807) is 11.8 Å². The van der Waals surface area contributed by atoms with Crippen molar-refractivity contribution in [2.24, 2.45) is 0 Å². The van der Waals surface area contributed by atoms with E-state index in [9.17, 15) is 28.6 Å². The molecule has 3 aromatic rings. The molecule has 4 rings (SSSR count). The third-order valence-electron chi connectivity index (χ3n) is 6.38. The number of carbonyl (C=O) groups excluding carboxylic acids is 1. The van der Waals surface area contributed by atoms with Crippen LogP contribution in [0.15, 0.2) is 49.2 Å². The number of halogens is 2. The average Bonchev–Trinajstić information content (AvgIpc) is 2.92. The first-order chi connectivity index (χ1) is 18.6. The maximum atomic E-state index is 15.0. The van der Waals surface area contributed by atoms with E-state index in [2.05, 4.69) is 21.9 Å². The van der Waals surface area contributed by atoms with Crippen LogP contribution in [0.5, 0.6) is 5.75 Å². The fourth-order valence-electron chi connectivity index (χ4n) is 4.42. The van der Waals surface area contributed by atoms with Gasteiger partial charge in [-0.1, -0.05) is 12.6 Å². The van der Waals surface area contributed by atoms with Gasteiger partial charge in [0.25, 0.3) is 5.91 Å². The van der Waals surface area contributed by atoms with Gasteiger partial charge < -0.3 is 25.2 Å². The van der Waals surface area contributed by atoms with Crippen molar-refractivity contribution in [1.29, 1.82) is 0 Å². The fraction of sp³-hybridized carbons (Fsp3) is 0.259. The van der Waals surface area contributed by atoms with E-state index in [1.807, 2.05) is 0 Å². The Balaban J connectivity index is 1.69. The molecule has 0 spiro atoms. The van der Waals surface area contributed by atoms with E-state index in [0.29, 0.717) is 11.3 Å². The number of carbonyl (C=O) groups is 2. The van der Waals surface area contributed by atoms with E-state index in [1.165, 1.54) is 43.6 Å². The molecule has 2 heterocycles. The highest BCUT2D eigenvalue weighted by Gasteiger charge is 2.31. The summed E-state index contributed by atoms with van der Waals surface area (Å²) < 4.78 is 34.8. The van der Waals surface area contributed by atoms with Crippen molar-refractivity contribution in [2.75, 3.05) is 43.6 Å². The van der Waals surface area contributed by atoms with E-state index in [-0.39, 0.29) is 53.7 Å². The number of allylic oxidation sites excluding steroid dienone is 1. The van der Waals surface area contributed by atoms with Crippen LogP contribution in [0.3, 0.4) is 0 Å². The van der Waals surface area contributed by atoms with E-state index >= 15 is 0 Å². The summed E-state index contributed by atoms with van der Waals surface area (Å²) in [5.41, 5.74) is 1.07. The second-order valence-corrected chi connectivity index (χ2v) is 8.92. The van der Waals surface area contributed by atoms with Crippen LogP contribution in [0.4, 0.5) is 25.0 Å². The zero-order chi connectivity index (χ0) is 28.3. The highest BCUT2D eigenvalue weighted by molar-refractivity contribution is 6.05. The highest BCUT2D eigenvalue weighted by atomic mass is 19.1. The van der Waals surface area contributed by atoms with Gasteiger partial charge in [-0.05, 0) is 36.8 Å². The number of aliphatic hydroxyl groups is 1. The van der Waals surface area contributed by atoms with Gasteiger partial charge in [-0.15, -0.1) is 0 Å². The number of ether oxygens (including phenoxy) is 1. The summed E-state index contributed by atoms with van der Waals surface area (Å²) in [5.74, 6) is -1.85. The molecule has 2 aromatic carbocycles. The smallest absolute Gasteiger partial charge is 0.407 e. The first-order valence-electron chi connectivity index (χ1n) is 12.0. The van der Waals surface area contributed by atoms with Gasteiger partial charge in [0.1, 0.15) is 23.1 Å². The van der Waals surface area contributed by atoms with Crippen LogP contribution in [0, 0.1) is 11.6 Å². The van der Waals surface area contributed by atoms with Crippen LogP contribution in [0.1, 0.15) is 23.0 Å². The third kappa shape index (κ3) is 5.65. The van der Waals surface area contributed by atoms with Gasteiger partial charge in [0.05, 0.1) is 36.7 Å². The Hall–Kier alpha value is -4.58.